The lowest BCUT2D eigenvalue weighted by Crippen LogP contribution is -2.37. The van der Waals surface area contributed by atoms with Crippen molar-refractivity contribution in [1.82, 2.24) is 5.32 Å². The van der Waals surface area contributed by atoms with E-state index in [0.29, 0.717) is 0 Å². The number of benzene rings is 4. The highest BCUT2D eigenvalue weighted by Crippen LogP contribution is 2.53. The quantitative estimate of drug-likeness (QED) is 0.229. The van der Waals surface area contributed by atoms with Crippen molar-refractivity contribution in [1.29, 1.82) is 0 Å². The van der Waals surface area contributed by atoms with E-state index in [1.807, 2.05) is 6.08 Å². The molecule has 1 aliphatic carbocycles. The smallest absolute Gasteiger partial charge is 0.134 e. The molecule has 0 saturated carbocycles. The molecule has 4 aromatic rings. The zero-order valence-corrected chi connectivity index (χ0v) is 24.5. The standard InChI is InChI=1S/C40H35N3/c1-3-5-16-28(15-4-2)31-25-32(29-17-8-6-9-18-29)27-33(26-31)43-36-23-13-12-21-34(36)39-38-35(22-14-24-37(38)43)41-40(42-39)30-19-10-7-11-20-30/h4-6,8-10,12-27,39H,2-3,7,11H2,1H3,(H,41,42)/b16-5-,28-15+. The summed E-state index contributed by atoms with van der Waals surface area (Å²) in [7, 11) is 0. The van der Waals surface area contributed by atoms with Crippen LogP contribution in [0.15, 0.2) is 151 Å². The number of anilines is 3. The summed E-state index contributed by atoms with van der Waals surface area (Å²) in [6, 6.07) is 32.9. The lowest BCUT2D eigenvalue weighted by atomic mass is 9.87. The molecular formula is C40H35N3. The molecule has 0 radical (unpaired) electrons. The number of rotatable bonds is 7. The van der Waals surface area contributed by atoms with Crippen LogP contribution in [0.2, 0.25) is 0 Å². The van der Waals surface area contributed by atoms with Crippen molar-refractivity contribution in [2.24, 2.45) is 4.99 Å². The third kappa shape index (κ3) is 4.97. The number of hydrogen-bond acceptors (Lipinski definition) is 3. The van der Waals surface area contributed by atoms with Crippen LogP contribution < -0.4 is 10.2 Å². The molecule has 2 aliphatic heterocycles. The maximum atomic E-state index is 5.16. The first-order valence-corrected chi connectivity index (χ1v) is 15.2. The summed E-state index contributed by atoms with van der Waals surface area (Å²) in [5, 5.41) is 3.83. The molecule has 0 fully saturated rings. The molecule has 0 aromatic heterocycles. The second-order valence-electron chi connectivity index (χ2n) is 11.1. The van der Waals surface area contributed by atoms with E-state index in [9.17, 15) is 0 Å². The number of allylic oxidation sites excluding steroid dienone is 7. The largest absolute Gasteiger partial charge is 0.358 e. The second-order valence-corrected chi connectivity index (χ2v) is 11.1. The minimum Gasteiger partial charge on any atom is -0.358 e. The van der Waals surface area contributed by atoms with E-state index < -0.39 is 0 Å². The van der Waals surface area contributed by atoms with Crippen molar-refractivity contribution < 1.29 is 0 Å². The fraction of sp³-hybridized carbons (Fsp3) is 0.125. The molecular weight excluding hydrogens is 522 g/mol. The first-order chi connectivity index (χ1) is 21.2. The first kappa shape index (κ1) is 26.7. The zero-order valence-electron chi connectivity index (χ0n) is 24.5. The second kappa shape index (κ2) is 11.6. The monoisotopic (exact) mass is 557 g/mol. The first-order valence-electron chi connectivity index (χ1n) is 15.2. The summed E-state index contributed by atoms with van der Waals surface area (Å²) < 4.78 is 0. The lowest BCUT2D eigenvalue weighted by molar-refractivity contribution is 0.736. The van der Waals surface area contributed by atoms with E-state index in [1.54, 1.807) is 0 Å². The number of fused-ring (bicyclic) bond motifs is 2. The van der Waals surface area contributed by atoms with Crippen molar-refractivity contribution in [2.45, 2.75) is 32.2 Å². The van der Waals surface area contributed by atoms with Crippen LogP contribution in [0.5, 0.6) is 0 Å². The highest BCUT2D eigenvalue weighted by molar-refractivity contribution is 6.05. The number of hydrogen-bond donors (Lipinski definition) is 1. The number of amidine groups is 1. The molecule has 43 heavy (non-hydrogen) atoms. The van der Waals surface area contributed by atoms with E-state index in [0.717, 1.165) is 53.3 Å². The van der Waals surface area contributed by atoms with Gasteiger partial charge in [-0.25, -0.2) is 4.99 Å². The molecule has 0 saturated heterocycles. The van der Waals surface area contributed by atoms with Crippen molar-refractivity contribution in [3.63, 3.8) is 0 Å². The third-order valence-electron chi connectivity index (χ3n) is 8.31. The zero-order chi connectivity index (χ0) is 29.2. The fourth-order valence-corrected chi connectivity index (χ4v) is 6.33. The Kier molecular flexibility index (Phi) is 7.22. The van der Waals surface area contributed by atoms with Crippen molar-refractivity contribution >= 4 is 34.2 Å². The number of nitrogens with one attached hydrogen (secondary N) is 1. The number of nitrogens with zero attached hydrogens (tertiary/aromatic N) is 2. The molecule has 7 rings (SSSR count). The molecule has 4 aromatic carbocycles. The van der Waals surface area contributed by atoms with Gasteiger partial charge >= 0.3 is 0 Å². The van der Waals surface area contributed by atoms with Gasteiger partial charge in [-0.2, -0.15) is 0 Å². The molecule has 3 nitrogen and oxygen atoms in total. The van der Waals surface area contributed by atoms with Crippen molar-refractivity contribution in [2.75, 3.05) is 4.90 Å². The summed E-state index contributed by atoms with van der Waals surface area (Å²) in [5.74, 6) is 0.948. The molecule has 3 heteroatoms. The van der Waals surface area contributed by atoms with Gasteiger partial charge in [-0.3, -0.25) is 0 Å². The van der Waals surface area contributed by atoms with Gasteiger partial charge < -0.3 is 10.2 Å². The number of aliphatic imine (C=N–C) groups is 1. The van der Waals surface area contributed by atoms with Crippen LogP contribution in [0, 0.1) is 0 Å². The van der Waals surface area contributed by atoms with E-state index in [4.69, 9.17) is 4.99 Å². The van der Waals surface area contributed by atoms with Crippen LogP contribution in [0.3, 0.4) is 0 Å². The Morgan fingerprint density at radius 3 is 2.58 bits per heavy atom. The summed E-state index contributed by atoms with van der Waals surface area (Å²) >= 11 is 0. The van der Waals surface area contributed by atoms with Crippen LogP contribution in [0.4, 0.5) is 22.7 Å². The molecule has 210 valence electrons. The lowest BCUT2D eigenvalue weighted by Gasteiger charge is -2.41. The maximum absolute atomic E-state index is 5.16. The molecule has 1 N–H and O–H groups in total. The van der Waals surface area contributed by atoms with Gasteiger partial charge in [0.05, 0.1) is 23.1 Å². The maximum Gasteiger partial charge on any atom is 0.134 e. The Morgan fingerprint density at radius 1 is 0.930 bits per heavy atom. The fourth-order valence-electron chi connectivity index (χ4n) is 6.33. The topological polar surface area (TPSA) is 27.6 Å². The van der Waals surface area contributed by atoms with Gasteiger partial charge in [0.25, 0.3) is 0 Å². The van der Waals surface area contributed by atoms with E-state index >= 15 is 0 Å². The highest BCUT2D eigenvalue weighted by atomic mass is 15.2. The average molecular weight is 558 g/mol. The highest BCUT2D eigenvalue weighted by Gasteiger charge is 2.36. The molecule has 1 atom stereocenters. The van der Waals surface area contributed by atoms with Crippen LogP contribution in [-0.2, 0) is 0 Å². The van der Waals surface area contributed by atoms with E-state index in [2.05, 4.69) is 151 Å². The van der Waals surface area contributed by atoms with E-state index in [-0.39, 0.29) is 6.04 Å². The van der Waals surface area contributed by atoms with Gasteiger partial charge in [-0.1, -0.05) is 111 Å². The van der Waals surface area contributed by atoms with Crippen molar-refractivity contribution in [3.05, 3.63) is 162 Å². The van der Waals surface area contributed by atoms with Crippen LogP contribution in [0.1, 0.15) is 48.9 Å². The van der Waals surface area contributed by atoms with Gasteiger partial charge in [0.2, 0.25) is 0 Å². The molecule has 0 amide bonds. The molecule has 1 unspecified atom stereocenters. The Bertz CT molecular complexity index is 1850. The molecule has 0 bridgehead atoms. The van der Waals surface area contributed by atoms with Gasteiger partial charge in [-0.05, 0) is 77.9 Å². The molecule has 0 spiro atoms. The predicted molar refractivity (Wildman–Crippen MR) is 183 cm³/mol. The van der Waals surface area contributed by atoms with Crippen LogP contribution >= 0.6 is 0 Å². The van der Waals surface area contributed by atoms with Gasteiger partial charge in [0, 0.05) is 22.4 Å². The summed E-state index contributed by atoms with van der Waals surface area (Å²) in [5.41, 5.74) is 12.7. The van der Waals surface area contributed by atoms with Gasteiger partial charge in [0.15, 0.2) is 0 Å². The summed E-state index contributed by atoms with van der Waals surface area (Å²) in [4.78, 5) is 7.58. The Balaban J connectivity index is 1.45. The summed E-state index contributed by atoms with van der Waals surface area (Å²) in [6.07, 6.45) is 18.2. The minimum atomic E-state index is 0.0165. The van der Waals surface area contributed by atoms with Crippen LogP contribution in [0.25, 0.3) is 16.7 Å². The Labute approximate surface area is 254 Å². The number of para-hydroxylation sites is 1. The normalized spacial score (nSPS) is 17.1. The Morgan fingerprint density at radius 2 is 1.77 bits per heavy atom. The van der Waals surface area contributed by atoms with Gasteiger partial charge in [0.1, 0.15) is 5.84 Å². The average Bonchev–Trinajstić information content (AvgIpc) is 3.07. The van der Waals surface area contributed by atoms with Crippen LogP contribution in [-0.4, -0.2) is 5.84 Å². The molecule has 2 heterocycles. The predicted octanol–water partition coefficient (Wildman–Crippen LogP) is 10.7. The SMILES string of the molecule is C=C/C=C(\C=C/CC)c1cc(-c2ccccc2)cc(N2c3ccccc3C3NC(C4=CCCC=C4)=Nc4cccc2c43)c1. The van der Waals surface area contributed by atoms with Crippen molar-refractivity contribution in [3.8, 4) is 11.1 Å². The van der Waals surface area contributed by atoms with E-state index in [1.165, 1.54) is 33.5 Å². The molecule has 3 aliphatic rings. The van der Waals surface area contributed by atoms with Gasteiger partial charge in [-0.15, -0.1) is 0 Å². The Hall–Kier alpha value is -5.15. The third-order valence-corrected chi connectivity index (χ3v) is 8.31. The minimum absolute atomic E-state index is 0.0165. The summed E-state index contributed by atoms with van der Waals surface area (Å²) in [6.45, 7) is 6.18.